The molecule has 1 atom stereocenters. The number of nitro groups is 1. The number of nitrogens with one attached hydrogen (secondary N) is 1. The van der Waals surface area contributed by atoms with Gasteiger partial charge in [0.15, 0.2) is 0 Å². The van der Waals surface area contributed by atoms with Crippen molar-refractivity contribution in [2.75, 3.05) is 12.0 Å². The molecule has 0 spiro atoms. The third-order valence-electron chi connectivity index (χ3n) is 3.62. The number of hydrogen-bond donors (Lipinski definition) is 2. The maximum absolute atomic E-state index is 10.9. The first kappa shape index (κ1) is 17.4. The van der Waals surface area contributed by atoms with Gasteiger partial charge in [0.2, 0.25) is 0 Å². The Hall–Kier alpha value is -1.66. The van der Waals surface area contributed by atoms with E-state index in [0.29, 0.717) is 30.4 Å². The molecule has 1 aromatic carbocycles. The van der Waals surface area contributed by atoms with Crippen LogP contribution in [0.25, 0.3) is 0 Å². The third kappa shape index (κ3) is 5.32. The zero-order chi connectivity index (χ0) is 15.7. The quantitative estimate of drug-likeness (QED) is 0.391. The number of nitrogens with zero attached hydrogens (tertiary/aromatic N) is 1. The van der Waals surface area contributed by atoms with Gasteiger partial charge in [-0.15, -0.1) is 0 Å². The van der Waals surface area contributed by atoms with Gasteiger partial charge in [-0.1, -0.05) is 45.2 Å². The molecule has 1 rings (SSSR count). The van der Waals surface area contributed by atoms with Crippen LogP contribution < -0.4 is 11.3 Å². The van der Waals surface area contributed by atoms with Crippen LogP contribution in [0.3, 0.4) is 0 Å². The van der Waals surface area contributed by atoms with E-state index in [9.17, 15) is 10.1 Å². The second-order valence-corrected chi connectivity index (χ2v) is 5.14. The molecule has 0 radical (unpaired) electrons. The molecule has 1 unspecified atom stereocenters. The number of anilines is 1. The van der Waals surface area contributed by atoms with Crippen molar-refractivity contribution in [3.63, 3.8) is 0 Å². The lowest BCUT2D eigenvalue weighted by Crippen LogP contribution is -2.13. The van der Waals surface area contributed by atoms with Crippen LogP contribution in [0, 0.1) is 16.0 Å². The Bertz CT molecular complexity index is 452. The zero-order valence-electron chi connectivity index (χ0n) is 12.8. The topological polar surface area (TPSA) is 90.4 Å². The lowest BCUT2D eigenvalue weighted by atomic mass is 10.0. The molecule has 0 aliphatic carbocycles. The monoisotopic (exact) mass is 295 g/mol. The summed E-state index contributed by atoms with van der Waals surface area (Å²) in [4.78, 5) is 10.5. The van der Waals surface area contributed by atoms with Gasteiger partial charge in [0.1, 0.15) is 5.69 Å². The number of rotatable bonds is 10. The summed E-state index contributed by atoms with van der Waals surface area (Å²) in [6.45, 7) is 5.33. The number of benzene rings is 1. The molecule has 21 heavy (non-hydrogen) atoms. The number of hydrazine groups is 1. The van der Waals surface area contributed by atoms with Crippen LogP contribution >= 0.6 is 0 Å². The Kier molecular flexibility index (Phi) is 7.71. The van der Waals surface area contributed by atoms with E-state index in [1.165, 1.54) is 18.9 Å². The maximum Gasteiger partial charge on any atom is 0.294 e. The second-order valence-electron chi connectivity index (χ2n) is 5.14. The number of nitro benzene ring substituents is 1. The maximum atomic E-state index is 10.9. The first-order chi connectivity index (χ1) is 10.1. The lowest BCUT2D eigenvalue weighted by molar-refractivity contribution is -0.384. The average molecular weight is 295 g/mol. The fraction of sp³-hybridized carbons (Fsp3) is 0.600. The fourth-order valence-corrected chi connectivity index (χ4v) is 2.26. The molecule has 0 heterocycles. The predicted molar refractivity (Wildman–Crippen MR) is 83.9 cm³/mol. The molecule has 0 saturated heterocycles. The van der Waals surface area contributed by atoms with Crippen LogP contribution in [-0.2, 0) is 11.3 Å². The van der Waals surface area contributed by atoms with Crippen molar-refractivity contribution in [3.8, 4) is 0 Å². The van der Waals surface area contributed by atoms with Crippen molar-refractivity contribution >= 4 is 11.4 Å². The average Bonchev–Trinajstić information content (AvgIpc) is 2.50. The number of unbranched alkanes of at least 4 members (excludes halogenated alkanes) is 1. The minimum atomic E-state index is -0.450. The van der Waals surface area contributed by atoms with Gasteiger partial charge >= 0.3 is 0 Å². The normalized spacial score (nSPS) is 12.1. The molecular weight excluding hydrogens is 270 g/mol. The molecule has 1 aromatic rings. The highest BCUT2D eigenvalue weighted by Crippen LogP contribution is 2.28. The smallest absolute Gasteiger partial charge is 0.294 e. The van der Waals surface area contributed by atoms with E-state index in [4.69, 9.17) is 10.6 Å². The largest absolute Gasteiger partial charge is 0.376 e. The fourth-order valence-electron chi connectivity index (χ4n) is 2.26. The van der Waals surface area contributed by atoms with Gasteiger partial charge < -0.3 is 10.2 Å². The highest BCUT2D eigenvalue weighted by atomic mass is 16.6. The highest BCUT2D eigenvalue weighted by molar-refractivity contribution is 5.65. The van der Waals surface area contributed by atoms with Crippen LogP contribution in [-0.4, -0.2) is 11.5 Å². The Morgan fingerprint density at radius 3 is 2.76 bits per heavy atom. The van der Waals surface area contributed by atoms with Gasteiger partial charge in [0, 0.05) is 18.2 Å². The predicted octanol–water partition coefficient (Wildman–Crippen LogP) is 3.61. The van der Waals surface area contributed by atoms with Gasteiger partial charge in [-0.25, -0.2) is 0 Å². The molecule has 0 fully saturated rings. The van der Waals surface area contributed by atoms with Crippen molar-refractivity contribution in [3.05, 3.63) is 33.9 Å². The van der Waals surface area contributed by atoms with Crippen molar-refractivity contribution < 1.29 is 9.66 Å². The van der Waals surface area contributed by atoms with Crippen molar-refractivity contribution in [2.24, 2.45) is 11.8 Å². The van der Waals surface area contributed by atoms with E-state index in [0.717, 1.165) is 12.8 Å². The van der Waals surface area contributed by atoms with Crippen LogP contribution in [0.15, 0.2) is 18.2 Å². The first-order valence-corrected chi connectivity index (χ1v) is 7.44. The Balaban J connectivity index is 2.62. The third-order valence-corrected chi connectivity index (χ3v) is 3.62. The molecule has 0 bridgehead atoms. The van der Waals surface area contributed by atoms with Crippen LogP contribution in [0.1, 0.15) is 45.1 Å². The summed E-state index contributed by atoms with van der Waals surface area (Å²) in [5.41, 5.74) is 3.41. The first-order valence-electron chi connectivity index (χ1n) is 7.44. The summed E-state index contributed by atoms with van der Waals surface area (Å²) in [6.07, 6.45) is 4.62. The van der Waals surface area contributed by atoms with E-state index in [1.807, 2.05) is 0 Å². The summed E-state index contributed by atoms with van der Waals surface area (Å²) in [6, 6.07) is 4.86. The molecule has 6 heteroatoms. The molecule has 0 saturated carbocycles. The molecule has 0 aliphatic heterocycles. The van der Waals surface area contributed by atoms with Crippen molar-refractivity contribution in [1.82, 2.24) is 0 Å². The number of para-hydroxylation sites is 1. The second kappa shape index (κ2) is 9.31. The van der Waals surface area contributed by atoms with Gasteiger partial charge in [0.05, 0.1) is 11.5 Å². The number of nitrogens with two attached hydrogens (primary N) is 1. The molecule has 0 amide bonds. The number of hydrogen-bond acceptors (Lipinski definition) is 5. The molecule has 0 aromatic heterocycles. The summed E-state index contributed by atoms with van der Waals surface area (Å²) < 4.78 is 5.73. The van der Waals surface area contributed by atoms with E-state index < -0.39 is 4.92 Å². The molecular formula is C15H25N3O3. The minimum Gasteiger partial charge on any atom is -0.376 e. The standard InChI is InChI=1S/C15H25N3O3/c1-3-5-7-12(4-2)10-21-11-13-8-6-9-14(18(19)20)15(13)17-16/h6,8-9,12,17H,3-5,7,10-11,16H2,1-2H3. The van der Waals surface area contributed by atoms with E-state index in [-0.39, 0.29) is 5.69 Å². The van der Waals surface area contributed by atoms with Gasteiger partial charge in [-0.2, -0.15) is 0 Å². The number of ether oxygens (including phenoxy) is 1. The lowest BCUT2D eigenvalue weighted by Gasteiger charge is -2.15. The number of nitrogen functional groups attached to an aromatic ring is 1. The molecule has 118 valence electrons. The van der Waals surface area contributed by atoms with Crippen LogP contribution in [0.4, 0.5) is 11.4 Å². The van der Waals surface area contributed by atoms with E-state index in [1.54, 1.807) is 12.1 Å². The Morgan fingerprint density at radius 1 is 1.43 bits per heavy atom. The zero-order valence-corrected chi connectivity index (χ0v) is 12.8. The summed E-state index contributed by atoms with van der Waals surface area (Å²) in [7, 11) is 0. The van der Waals surface area contributed by atoms with Gasteiger partial charge in [-0.05, 0) is 12.3 Å². The van der Waals surface area contributed by atoms with E-state index >= 15 is 0 Å². The SMILES string of the molecule is CCCCC(CC)COCc1cccc([N+](=O)[O-])c1NN. The van der Waals surface area contributed by atoms with Gasteiger partial charge in [-0.3, -0.25) is 16.0 Å². The highest BCUT2D eigenvalue weighted by Gasteiger charge is 2.16. The molecule has 6 nitrogen and oxygen atoms in total. The van der Waals surface area contributed by atoms with Crippen molar-refractivity contribution in [1.29, 1.82) is 0 Å². The molecule has 0 aliphatic rings. The summed E-state index contributed by atoms with van der Waals surface area (Å²) in [5, 5.41) is 10.9. The minimum absolute atomic E-state index is 0.0309. The Labute approximate surface area is 125 Å². The van der Waals surface area contributed by atoms with Crippen molar-refractivity contribution in [2.45, 2.75) is 46.1 Å². The van der Waals surface area contributed by atoms with E-state index in [2.05, 4.69) is 19.3 Å². The van der Waals surface area contributed by atoms with Crippen LogP contribution in [0.2, 0.25) is 0 Å². The summed E-state index contributed by atoms with van der Waals surface area (Å²) >= 11 is 0. The van der Waals surface area contributed by atoms with Crippen LogP contribution in [0.5, 0.6) is 0 Å². The summed E-state index contributed by atoms with van der Waals surface area (Å²) in [5.74, 6) is 5.94. The van der Waals surface area contributed by atoms with Gasteiger partial charge in [0.25, 0.3) is 5.69 Å². The Morgan fingerprint density at radius 2 is 2.19 bits per heavy atom. The molecule has 3 N–H and O–H groups in total.